The zero-order valence-corrected chi connectivity index (χ0v) is 19.1. The molecule has 10 heteroatoms. The highest BCUT2D eigenvalue weighted by Gasteiger charge is 2.39. The molecule has 3 amide bonds. The van der Waals surface area contributed by atoms with Gasteiger partial charge in [0, 0.05) is 13.0 Å². The molecule has 5 unspecified atom stereocenters. The van der Waals surface area contributed by atoms with Crippen LogP contribution in [0.25, 0.3) is 0 Å². The summed E-state index contributed by atoms with van der Waals surface area (Å²) in [6.45, 7) is 3.37. The van der Waals surface area contributed by atoms with Crippen LogP contribution in [0, 0.1) is 5.92 Å². The number of aliphatic carboxylic acids is 1. The quantitative estimate of drug-likeness (QED) is 0.300. The summed E-state index contributed by atoms with van der Waals surface area (Å²) in [5, 5.41) is 23.9. The largest absolute Gasteiger partial charge is 0.480 e. The van der Waals surface area contributed by atoms with Gasteiger partial charge in [-0.05, 0) is 24.3 Å². The van der Waals surface area contributed by atoms with E-state index >= 15 is 0 Å². The molecular weight excluding hydrogens is 428 g/mol. The first kappa shape index (κ1) is 26.3. The average Bonchev–Trinajstić information content (AvgIpc) is 3.31. The van der Waals surface area contributed by atoms with Gasteiger partial charge in [-0.25, -0.2) is 4.79 Å². The first-order chi connectivity index (χ1) is 15.7. The molecule has 33 heavy (non-hydrogen) atoms. The number of carboxylic acids is 1. The fourth-order valence-electron chi connectivity index (χ4n) is 3.84. The summed E-state index contributed by atoms with van der Waals surface area (Å²) in [5.74, 6) is -3.06. The number of carbonyl (C=O) groups excluding carboxylic acids is 3. The lowest BCUT2D eigenvalue weighted by Gasteiger charge is -2.30. The Bertz CT molecular complexity index is 834. The molecule has 1 fully saturated rings. The van der Waals surface area contributed by atoms with Crippen LogP contribution in [-0.2, 0) is 25.6 Å². The predicted molar refractivity (Wildman–Crippen MR) is 121 cm³/mol. The number of benzene rings is 1. The summed E-state index contributed by atoms with van der Waals surface area (Å²) in [5.41, 5.74) is 6.37. The van der Waals surface area contributed by atoms with E-state index in [2.05, 4.69) is 10.6 Å². The smallest absolute Gasteiger partial charge is 0.326 e. The highest BCUT2D eigenvalue weighted by atomic mass is 16.4. The number of carboxylic acid groups (broad SMARTS) is 1. The number of nitrogens with two attached hydrogens (primary N) is 1. The van der Waals surface area contributed by atoms with Gasteiger partial charge < -0.3 is 31.5 Å². The van der Waals surface area contributed by atoms with Gasteiger partial charge in [-0.3, -0.25) is 14.4 Å². The molecule has 0 aromatic heterocycles. The monoisotopic (exact) mass is 462 g/mol. The van der Waals surface area contributed by atoms with E-state index < -0.39 is 54.5 Å². The minimum absolute atomic E-state index is 0.172. The van der Waals surface area contributed by atoms with Crippen molar-refractivity contribution >= 4 is 23.7 Å². The van der Waals surface area contributed by atoms with Gasteiger partial charge in [0.15, 0.2) is 0 Å². The van der Waals surface area contributed by atoms with Crippen LogP contribution in [0.4, 0.5) is 0 Å². The summed E-state index contributed by atoms with van der Waals surface area (Å²) in [6.07, 6.45) is 1.67. The second-order valence-corrected chi connectivity index (χ2v) is 8.44. The summed E-state index contributed by atoms with van der Waals surface area (Å²) >= 11 is 0. The molecule has 182 valence electrons. The van der Waals surface area contributed by atoms with Crippen molar-refractivity contribution in [2.45, 2.75) is 63.7 Å². The number of nitrogens with one attached hydrogen (secondary N) is 2. The molecule has 10 nitrogen and oxygen atoms in total. The summed E-state index contributed by atoms with van der Waals surface area (Å²) < 4.78 is 0. The van der Waals surface area contributed by atoms with Crippen molar-refractivity contribution in [3.05, 3.63) is 35.9 Å². The van der Waals surface area contributed by atoms with E-state index in [0.29, 0.717) is 25.8 Å². The summed E-state index contributed by atoms with van der Waals surface area (Å²) in [6, 6.07) is 5.01. The maximum absolute atomic E-state index is 13.3. The van der Waals surface area contributed by atoms with Gasteiger partial charge in [-0.2, -0.15) is 0 Å². The van der Waals surface area contributed by atoms with E-state index in [4.69, 9.17) is 10.8 Å². The number of nitrogens with zero attached hydrogens (tertiary/aromatic N) is 1. The highest BCUT2D eigenvalue weighted by Crippen LogP contribution is 2.20. The second kappa shape index (κ2) is 12.3. The van der Waals surface area contributed by atoms with Crippen molar-refractivity contribution in [2.75, 3.05) is 13.2 Å². The Balaban J connectivity index is 2.27. The molecule has 0 spiro atoms. The minimum atomic E-state index is -1.17. The van der Waals surface area contributed by atoms with Gasteiger partial charge >= 0.3 is 5.97 Å². The molecule has 2 rings (SSSR count). The molecule has 1 aliphatic rings. The Morgan fingerprint density at radius 2 is 1.82 bits per heavy atom. The summed E-state index contributed by atoms with van der Waals surface area (Å²) in [7, 11) is 0. The van der Waals surface area contributed by atoms with Crippen molar-refractivity contribution in [1.82, 2.24) is 15.5 Å². The van der Waals surface area contributed by atoms with E-state index in [1.165, 1.54) is 4.90 Å². The Labute approximate surface area is 193 Å². The number of likely N-dealkylation sites (tertiary alicyclic amines) is 1. The summed E-state index contributed by atoms with van der Waals surface area (Å²) in [4.78, 5) is 51.7. The molecule has 0 aliphatic carbocycles. The average molecular weight is 463 g/mol. The number of aliphatic hydroxyl groups excluding tert-OH is 1. The van der Waals surface area contributed by atoms with Gasteiger partial charge in [-0.15, -0.1) is 0 Å². The van der Waals surface area contributed by atoms with Crippen LogP contribution in [-0.4, -0.2) is 76.1 Å². The Hall–Kier alpha value is -2.98. The number of aliphatic hydroxyl groups is 1. The van der Waals surface area contributed by atoms with Gasteiger partial charge in [0.2, 0.25) is 17.7 Å². The van der Waals surface area contributed by atoms with Gasteiger partial charge in [0.25, 0.3) is 0 Å². The number of carbonyl (C=O) groups is 4. The first-order valence-electron chi connectivity index (χ1n) is 11.2. The van der Waals surface area contributed by atoms with Gasteiger partial charge in [-0.1, -0.05) is 50.6 Å². The van der Waals surface area contributed by atoms with Gasteiger partial charge in [0.1, 0.15) is 24.2 Å². The maximum atomic E-state index is 13.3. The lowest BCUT2D eigenvalue weighted by atomic mass is 9.96. The first-order valence-corrected chi connectivity index (χ1v) is 11.2. The fourth-order valence-corrected chi connectivity index (χ4v) is 3.84. The predicted octanol–water partition coefficient (Wildman–Crippen LogP) is -0.360. The topological polar surface area (TPSA) is 162 Å². The molecule has 1 aromatic rings. The normalized spacial score (nSPS) is 19.3. The molecule has 6 N–H and O–H groups in total. The Morgan fingerprint density at radius 1 is 1.15 bits per heavy atom. The number of hydrogen-bond acceptors (Lipinski definition) is 6. The zero-order chi connectivity index (χ0) is 24.5. The lowest BCUT2D eigenvalue weighted by Crippen LogP contribution is -2.59. The number of rotatable bonds is 11. The molecule has 1 aliphatic heterocycles. The van der Waals surface area contributed by atoms with Crippen LogP contribution in [0.15, 0.2) is 30.3 Å². The third-order valence-corrected chi connectivity index (χ3v) is 6.04. The molecule has 0 saturated carbocycles. The van der Waals surface area contributed by atoms with E-state index in [-0.39, 0.29) is 12.3 Å². The van der Waals surface area contributed by atoms with E-state index in [0.717, 1.165) is 5.56 Å². The lowest BCUT2D eigenvalue weighted by molar-refractivity contribution is -0.149. The van der Waals surface area contributed by atoms with E-state index in [9.17, 15) is 24.3 Å². The van der Waals surface area contributed by atoms with Crippen molar-refractivity contribution in [2.24, 2.45) is 11.7 Å². The van der Waals surface area contributed by atoms with Crippen LogP contribution in [0.2, 0.25) is 0 Å². The minimum Gasteiger partial charge on any atom is -0.480 e. The number of amides is 3. The molecular formula is C23H34N4O6. The van der Waals surface area contributed by atoms with Crippen molar-refractivity contribution in [1.29, 1.82) is 0 Å². The third-order valence-electron chi connectivity index (χ3n) is 6.04. The Kier molecular flexibility index (Phi) is 9.80. The van der Waals surface area contributed by atoms with Crippen molar-refractivity contribution in [3.63, 3.8) is 0 Å². The fraction of sp³-hybridized carbons (Fsp3) is 0.565. The van der Waals surface area contributed by atoms with E-state index in [1.54, 1.807) is 6.92 Å². The zero-order valence-electron chi connectivity index (χ0n) is 19.1. The van der Waals surface area contributed by atoms with Crippen LogP contribution in [0.5, 0.6) is 0 Å². The van der Waals surface area contributed by atoms with Crippen LogP contribution >= 0.6 is 0 Å². The molecule has 0 bridgehead atoms. The maximum Gasteiger partial charge on any atom is 0.326 e. The standard InChI is InChI=1S/C23H34N4O6/c1-3-14(2)19(26-20(29)16(24)13-28)21(30)25-17(12-15-8-5-4-6-9-15)22(31)27-11-7-10-18(27)23(32)33/h4-6,8-9,14,16-19,28H,3,7,10-13,24H2,1-2H3,(H,25,30)(H,26,29)(H,32,33). The highest BCUT2D eigenvalue weighted by molar-refractivity contribution is 5.94. The second-order valence-electron chi connectivity index (χ2n) is 8.44. The SMILES string of the molecule is CCC(C)C(NC(=O)C(N)CO)C(=O)NC(Cc1ccccc1)C(=O)N1CCCC1C(=O)O. The molecule has 1 saturated heterocycles. The van der Waals surface area contributed by atoms with Gasteiger partial charge in [0.05, 0.1) is 6.61 Å². The molecule has 0 radical (unpaired) electrons. The molecule has 1 heterocycles. The van der Waals surface area contributed by atoms with Crippen LogP contribution in [0.1, 0.15) is 38.7 Å². The van der Waals surface area contributed by atoms with Crippen molar-refractivity contribution < 1.29 is 29.4 Å². The van der Waals surface area contributed by atoms with Crippen LogP contribution in [0.3, 0.4) is 0 Å². The molecule has 5 atom stereocenters. The van der Waals surface area contributed by atoms with Crippen LogP contribution < -0.4 is 16.4 Å². The van der Waals surface area contributed by atoms with Crippen molar-refractivity contribution in [3.8, 4) is 0 Å². The Morgan fingerprint density at radius 3 is 2.39 bits per heavy atom. The molecule has 1 aromatic carbocycles. The number of hydrogen-bond donors (Lipinski definition) is 5. The van der Waals surface area contributed by atoms with E-state index in [1.807, 2.05) is 37.3 Å². The third kappa shape index (κ3) is 7.00.